The molecule has 0 amide bonds. The number of hydrogen-bond donors (Lipinski definition) is 0. The van der Waals surface area contributed by atoms with E-state index in [1.807, 2.05) is 0 Å². The minimum absolute atomic E-state index is 1.31. The molecule has 0 saturated heterocycles. The van der Waals surface area contributed by atoms with E-state index in [0.29, 0.717) is 0 Å². The summed E-state index contributed by atoms with van der Waals surface area (Å²) in [6.45, 7) is 0. The molecule has 0 aromatic rings. The molecule has 1 radical (unpaired) electrons. The second-order valence-corrected chi connectivity index (χ2v) is 6.16. The van der Waals surface area contributed by atoms with E-state index in [0.717, 1.165) is 0 Å². The van der Waals surface area contributed by atoms with E-state index in [9.17, 15) is 0 Å². The Labute approximate surface area is 122 Å². The summed E-state index contributed by atoms with van der Waals surface area (Å²) in [5.41, 5.74) is 0. The lowest BCUT2D eigenvalue weighted by Gasteiger charge is -2.02. The minimum atomic E-state index is 1.31. The lowest BCUT2D eigenvalue weighted by molar-refractivity contribution is 0.576. The Hall–Kier alpha value is -0.260. The van der Waals surface area contributed by atoms with Crippen molar-refractivity contribution in [2.75, 3.05) is 0 Å². The van der Waals surface area contributed by atoms with Gasteiger partial charge in [0, 0.05) is 0 Å². The maximum absolute atomic E-state index is 2.54. The molecule has 1 rings (SSSR count). The standard InChI is InChI=1S/C19H35/c1-2-4-6-8-10-12-14-16-18-19-17-15-13-11-9-7-5-3-1/h1-2,19H,3-18H2. The SMILES string of the molecule is [CH]1CCCCCCCCC=CCCCCCCCC1. The van der Waals surface area contributed by atoms with Crippen molar-refractivity contribution in [3.05, 3.63) is 18.6 Å². The Bertz CT molecular complexity index is 172. The highest BCUT2D eigenvalue weighted by atomic mass is 14.0. The molecule has 0 heterocycles. The fourth-order valence-corrected chi connectivity index (χ4v) is 2.90. The fraction of sp³-hybridized carbons (Fsp3) is 0.842. The van der Waals surface area contributed by atoms with Crippen LogP contribution in [-0.2, 0) is 0 Å². The molecule has 0 heteroatoms. The van der Waals surface area contributed by atoms with Gasteiger partial charge in [0.25, 0.3) is 0 Å². The van der Waals surface area contributed by atoms with Gasteiger partial charge in [-0.05, 0) is 32.1 Å². The predicted molar refractivity (Wildman–Crippen MR) is 87.3 cm³/mol. The molecule has 0 aromatic carbocycles. The number of allylic oxidation sites excluding steroid dienone is 2. The molecule has 0 unspecified atom stereocenters. The summed E-state index contributed by atoms with van der Waals surface area (Å²) in [6, 6.07) is 0. The van der Waals surface area contributed by atoms with E-state index in [4.69, 9.17) is 0 Å². The maximum atomic E-state index is 2.54. The average Bonchev–Trinajstić information content (AvgIpc) is 2.43. The van der Waals surface area contributed by atoms with E-state index in [1.54, 1.807) is 0 Å². The normalized spacial score (nSPS) is 23.2. The highest BCUT2D eigenvalue weighted by Crippen LogP contribution is 2.14. The highest BCUT2D eigenvalue weighted by Gasteiger charge is 1.95. The van der Waals surface area contributed by atoms with Gasteiger partial charge >= 0.3 is 0 Å². The van der Waals surface area contributed by atoms with Crippen molar-refractivity contribution in [2.45, 2.75) is 103 Å². The first kappa shape index (κ1) is 16.8. The maximum Gasteiger partial charge on any atom is -0.0351 e. The molecule has 0 atom stereocenters. The number of hydrogen-bond acceptors (Lipinski definition) is 0. The second kappa shape index (κ2) is 14.2. The smallest absolute Gasteiger partial charge is 0.0351 e. The monoisotopic (exact) mass is 263 g/mol. The minimum Gasteiger partial charge on any atom is -0.0885 e. The van der Waals surface area contributed by atoms with Gasteiger partial charge < -0.3 is 0 Å². The van der Waals surface area contributed by atoms with Crippen LogP contribution in [0.5, 0.6) is 0 Å². The second-order valence-electron chi connectivity index (χ2n) is 6.16. The summed E-state index contributed by atoms with van der Waals surface area (Å²) in [5.74, 6) is 0. The van der Waals surface area contributed by atoms with Gasteiger partial charge in [-0.1, -0.05) is 89.2 Å². The van der Waals surface area contributed by atoms with Crippen molar-refractivity contribution in [1.29, 1.82) is 0 Å². The third-order valence-corrected chi connectivity index (χ3v) is 4.22. The molecule has 19 heavy (non-hydrogen) atoms. The first-order valence-corrected chi connectivity index (χ1v) is 8.97. The van der Waals surface area contributed by atoms with Crippen molar-refractivity contribution in [3.63, 3.8) is 0 Å². The lowest BCUT2D eigenvalue weighted by atomic mass is 10.0. The Balaban J connectivity index is 2.06. The van der Waals surface area contributed by atoms with Crippen LogP contribution in [0.15, 0.2) is 12.2 Å². The summed E-state index contributed by atoms with van der Waals surface area (Å²) in [7, 11) is 0. The van der Waals surface area contributed by atoms with Gasteiger partial charge in [-0.3, -0.25) is 0 Å². The molecule has 0 aliphatic heterocycles. The largest absolute Gasteiger partial charge is 0.0885 e. The van der Waals surface area contributed by atoms with E-state index in [1.165, 1.54) is 103 Å². The molecular weight excluding hydrogens is 228 g/mol. The van der Waals surface area contributed by atoms with Crippen molar-refractivity contribution in [2.24, 2.45) is 0 Å². The molecule has 1 aliphatic carbocycles. The summed E-state index contributed by atoms with van der Waals surface area (Å²) in [5, 5.41) is 0. The molecular formula is C19H35. The van der Waals surface area contributed by atoms with Gasteiger partial charge in [0.05, 0.1) is 0 Å². The third kappa shape index (κ3) is 12.5. The van der Waals surface area contributed by atoms with Gasteiger partial charge in [-0.2, -0.15) is 0 Å². The Morgan fingerprint density at radius 3 is 1.05 bits per heavy atom. The van der Waals surface area contributed by atoms with Gasteiger partial charge in [0.2, 0.25) is 0 Å². The summed E-state index contributed by atoms with van der Waals surface area (Å²) in [6.07, 6.45) is 30.0. The first-order chi connectivity index (χ1) is 9.50. The Morgan fingerprint density at radius 2 is 0.632 bits per heavy atom. The average molecular weight is 263 g/mol. The molecule has 0 saturated carbocycles. The zero-order valence-electron chi connectivity index (χ0n) is 13.0. The van der Waals surface area contributed by atoms with E-state index >= 15 is 0 Å². The molecule has 0 aromatic heterocycles. The van der Waals surface area contributed by atoms with Crippen LogP contribution in [0.3, 0.4) is 0 Å². The van der Waals surface area contributed by atoms with Crippen LogP contribution in [0, 0.1) is 6.42 Å². The van der Waals surface area contributed by atoms with E-state index in [-0.39, 0.29) is 0 Å². The van der Waals surface area contributed by atoms with Crippen LogP contribution in [0.1, 0.15) is 103 Å². The zero-order valence-corrected chi connectivity index (χ0v) is 13.0. The van der Waals surface area contributed by atoms with Crippen molar-refractivity contribution < 1.29 is 0 Å². The van der Waals surface area contributed by atoms with Crippen molar-refractivity contribution in [3.8, 4) is 0 Å². The van der Waals surface area contributed by atoms with E-state index in [2.05, 4.69) is 18.6 Å². The van der Waals surface area contributed by atoms with Crippen molar-refractivity contribution in [1.82, 2.24) is 0 Å². The molecule has 0 spiro atoms. The highest BCUT2D eigenvalue weighted by molar-refractivity contribution is 4.81. The quantitative estimate of drug-likeness (QED) is 0.413. The Kier molecular flexibility index (Phi) is 12.5. The van der Waals surface area contributed by atoms with Crippen LogP contribution in [0.2, 0.25) is 0 Å². The van der Waals surface area contributed by atoms with Gasteiger partial charge in [0.1, 0.15) is 0 Å². The summed E-state index contributed by atoms with van der Waals surface area (Å²) in [4.78, 5) is 0. The zero-order chi connectivity index (χ0) is 13.4. The number of rotatable bonds is 0. The van der Waals surface area contributed by atoms with Gasteiger partial charge in [-0.25, -0.2) is 0 Å². The fourth-order valence-electron chi connectivity index (χ4n) is 2.90. The first-order valence-electron chi connectivity index (χ1n) is 8.97. The molecule has 111 valence electrons. The van der Waals surface area contributed by atoms with Crippen LogP contribution in [0.4, 0.5) is 0 Å². The van der Waals surface area contributed by atoms with Crippen molar-refractivity contribution >= 4 is 0 Å². The topological polar surface area (TPSA) is 0 Å². The van der Waals surface area contributed by atoms with Crippen LogP contribution < -0.4 is 0 Å². The van der Waals surface area contributed by atoms with Gasteiger partial charge in [-0.15, -0.1) is 0 Å². The summed E-state index contributed by atoms with van der Waals surface area (Å²) < 4.78 is 0. The Morgan fingerprint density at radius 1 is 0.316 bits per heavy atom. The molecule has 0 bridgehead atoms. The van der Waals surface area contributed by atoms with Gasteiger partial charge in [0.15, 0.2) is 0 Å². The molecule has 0 N–H and O–H groups in total. The van der Waals surface area contributed by atoms with Crippen LogP contribution >= 0.6 is 0 Å². The third-order valence-electron chi connectivity index (χ3n) is 4.22. The van der Waals surface area contributed by atoms with Crippen LogP contribution in [0.25, 0.3) is 0 Å². The summed E-state index contributed by atoms with van der Waals surface area (Å²) >= 11 is 0. The molecule has 1 aliphatic rings. The predicted octanol–water partition coefficient (Wildman–Crippen LogP) is 7.00. The molecule has 0 fully saturated rings. The van der Waals surface area contributed by atoms with E-state index < -0.39 is 0 Å². The molecule has 0 nitrogen and oxygen atoms in total. The van der Waals surface area contributed by atoms with Crippen LogP contribution in [-0.4, -0.2) is 0 Å². The lowest BCUT2D eigenvalue weighted by Crippen LogP contribution is -1.84.